The zero-order valence-electron chi connectivity index (χ0n) is 14.7. The fraction of sp³-hybridized carbons (Fsp3) is 0.368. The minimum Gasteiger partial charge on any atom is -0.337 e. The Bertz CT molecular complexity index is 998. The number of aromatic amines is 1. The maximum absolute atomic E-state index is 12.8. The average molecular weight is 351 g/mol. The first-order valence-corrected chi connectivity index (χ1v) is 8.97. The lowest BCUT2D eigenvalue weighted by Gasteiger charge is -2.31. The molecule has 4 rings (SSSR count). The van der Waals surface area contributed by atoms with E-state index in [2.05, 4.69) is 15.2 Å². The molecule has 3 aromatic rings. The van der Waals surface area contributed by atoms with Crippen molar-refractivity contribution in [2.45, 2.75) is 32.2 Å². The number of amides is 1. The minimum atomic E-state index is -0.165. The molecule has 1 fully saturated rings. The number of nitrogens with zero attached hydrogens (tertiary/aromatic N) is 4. The van der Waals surface area contributed by atoms with Crippen molar-refractivity contribution in [1.82, 2.24) is 24.6 Å². The van der Waals surface area contributed by atoms with Crippen LogP contribution in [0.4, 0.5) is 0 Å². The van der Waals surface area contributed by atoms with Gasteiger partial charge in [-0.3, -0.25) is 9.36 Å². The Morgan fingerprint density at radius 3 is 2.73 bits per heavy atom. The molecule has 0 bridgehead atoms. The Hall–Kier alpha value is -2.96. The van der Waals surface area contributed by atoms with Crippen LogP contribution in [0.5, 0.6) is 0 Å². The smallest absolute Gasteiger partial charge is 0.337 e. The molecule has 0 spiro atoms. The highest BCUT2D eigenvalue weighted by Crippen LogP contribution is 2.26. The number of carbonyl (C=O) groups excluding carboxylic acids is 1. The first-order chi connectivity index (χ1) is 12.7. The number of aromatic nitrogens is 4. The molecule has 0 saturated carbocycles. The van der Waals surface area contributed by atoms with E-state index in [1.165, 1.54) is 0 Å². The molecule has 3 heterocycles. The first-order valence-electron chi connectivity index (χ1n) is 8.97. The van der Waals surface area contributed by atoms with Crippen LogP contribution >= 0.6 is 0 Å². The van der Waals surface area contributed by atoms with E-state index < -0.39 is 0 Å². The van der Waals surface area contributed by atoms with Crippen LogP contribution in [0.15, 0.2) is 41.2 Å². The maximum Gasteiger partial charge on any atom is 0.343 e. The molecule has 1 saturated heterocycles. The standard InChI is InChI=1S/C19H21N5O2/c1-2-24-17(21-22-19(24)26)14-9-11-23(12-10-14)18(25)16-8-7-13-5-3-4-6-15(13)20-16/h3-8,14H,2,9-12H2,1H3,(H,22,26). The van der Waals surface area contributed by atoms with E-state index in [9.17, 15) is 9.59 Å². The van der Waals surface area contributed by atoms with Gasteiger partial charge in [-0.25, -0.2) is 14.9 Å². The molecule has 1 amide bonds. The van der Waals surface area contributed by atoms with Gasteiger partial charge in [0, 0.05) is 30.9 Å². The van der Waals surface area contributed by atoms with Crippen molar-refractivity contribution in [3.05, 3.63) is 58.4 Å². The summed E-state index contributed by atoms with van der Waals surface area (Å²) in [4.78, 5) is 30.9. The van der Waals surface area contributed by atoms with E-state index in [4.69, 9.17) is 0 Å². The van der Waals surface area contributed by atoms with E-state index in [-0.39, 0.29) is 17.5 Å². The molecule has 0 aliphatic carbocycles. The number of pyridine rings is 1. The summed E-state index contributed by atoms with van der Waals surface area (Å²) in [5.74, 6) is 0.958. The van der Waals surface area contributed by atoms with Crippen LogP contribution in [-0.2, 0) is 6.54 Å². The third-order valence-electron chi connectivity index (χ3n) is 5.07. The number of para-hydroxylation sites is 1. The van der Waals surface area contributed by atoms with Gasteiger partial charge in [-0.1, -0.05) is 24.3 Å². The van der Waals surface area contributed by atoms with E-state index in [0.717, 1.165) is 29.6 Å². The molecule has 7 nitrogen and oxygen atoms in total. The monoisotopic (exact) mass is 351 g/mol. The lowest BCUT2D eigenvalue weighted by Crippen LogP contribution is -2.39. The third-order valence-corrected chi connectivity index (χ3v) is 5.07. The van der Waals surface area contributed by atoms with Gasteiger partial charge in [0.05, 0.1) is 5.52 Å². The quantitative estimate of drug-likeness (QED) is 0.784. The Balaban J connectivity index is 1.48. The van der Waals surface area contributed by atoms with Gasteiger partial charge in [-0.05, 0) is 31.9 Å². The molecule has 134 valence electrons. The lowest BCUT2D eigenvalue weighted by molar-refractivity contribution is 0.0704. The summed E-state index contributed by atoms with van der Waals surface area (Å²) in [7, 11) is 0. The highest BCUT2D eigenvalue weighted by molar-refractivity contribution is 5.95. The second kappa shape index (κ2) is 6.74. The van der Waals surface area contributed by atoms with Gasteiger partial charge in [0.25, 0.3) is 5.91 Å². The van der Waals surface area contributed by atoms with E-state index in [1.54, 1.807) is 10.6 Å². The maximum atomic E-state index is 12.8. The number of piperidine rings is 1. The van der Waals surface area contributed by atoms with E-state index in [0.29, 0.717) is 25.3 Å². The Morgan fingerprint density at radius 2 is 1.96 bits per heavy atom. The van der Waals surface area contributed by atoms with Crippen molar-refractivity contribution >= 4 is 16.8 Å². The number of fused-ring (bicyclic) bond motifs is 1. The molecule has 26 heavy (non-hydrogen) atoms. The summed E-state index contributed by atoms with van der Waals surface area (Å²) >= 11 is 0. The molecular weight excluding hydrogens is 330 g/mol. The van der Waals surface area contributed by atoms with Crippen molar-refractivity contribution in [2.24, 2.45) is 0 Å². The Morgan fingerprint density at radius 1 is 1.19 bits per heavy atom. The van der Waals surface area contributed by atoms with Crippen molar-refractivity contribution in [1.29, 1.82) is 0 Å². The normalized spacial score (nSPS) is 15.5. The number of H-pyrrole nitrogens is 1. The topological polar surface area (TPSA) is 83.9 Å². The first kappa shape index (κ1) is 16.5. The molecule has 1 N–H and O–H groups in total. The van der Waals surface area contributed by atoms with Crippen molar-refractivity contribution in [3.63, 3.8) is 0 Å². The summed E-state index contributed by atoms with van der Waals surface area (Å²) in [5, 5.41) is 7.74. The second-order valence-corrected chi connectivity index (χ2v) is 6.59. The van der Waals surface area contributed by atoms with Crippen LogP contribution in [0, 0.1) is 0 Å². The average Bonchev–Trinajstić information content (AvgIpc) is 3.07. The van der Waals surface area contributed by atoms with Crippen molar-refractivity contribution in [3.8, 4) is 0 Å². The molecule has 1 aromatic carbocycles. The summed E-state index contributed by atoms with van der Waals surface area (Å²) in [6.07, 6.45) is 1.59. The number of hydrogen-bond donors (Lipinski definition) is 1. The van der Waals surface area contributed by atoms with Crippen molar-refractivity contribution < 1.29 is 4.79 Å². The summed E-state index contributed by atoms with van der Waals surface area (Å²) < 4.78 is 1.67. The molecule has 0 radical (unpaired) electrons. The van der Waals surface area contributed by atoms with Crippen LogP contribution in [0.3, 0.4) is 0 Å². The number of rotatable bonds is 3. The summed E-state index contributed by atoms with van der Waals surface area (Å²) in [6, 6.07) is 11.5. The van der Waals surface area contributed by atoms with Gasteiger partial charge in [0.1, 0.15) is 11.5 Å². The molecule has 0 unspecified atom stereocenters. The number of hydrogen-bond acceptors (Lipinski definition) is 4. The van der Waals surface area contributed by atoms with Crippen LogP contribution in [0.2, 0.25) is 0 Å². The van der Waals surface area contributed by atoms with Crippen LogP contribution < -0.4 is 5.69 Å². The third kappa shape index (κ3) is 2.89. The van der Waals surface area contributed by atoms with Gasteiger partial charge in [0.2, 0.25) is 0 Å². The van der Waals surface area contributed by atoms with Gasteiger partial charge < -0.3 is 4.90 Å². The zero-order chi connectivity index (χ0) is 18.1. The number of carbonyl (C=O) groups is 1. The SMILES string of the molecule is CCn1c(C2CCN(C(=O)c3ccc4ccccc4n3)CC2)n[nH]c1=O. The molecule has 0 atom stereocenters. The summed E-state index contributed by atoms with van der Waals surface area (Å²) in [5.41, 5.74) is 1.14. The highest BCUT2D eigenvalue weighted by atomic mass is 16.2. The van der Waals surface area contributed by atoms with Crippen LogP contribution in [0.25, 0.3) is 10.9 Å². The van der Waals surface area contributed by atoms with Gasteiger partial charge in [-0.2, -0.15) is 5.10 Å². The molecule has 7 heteroatoms. The molecule has 1 aliphatic rings. The predicted molar refractivity (Wildman–Crippen MR) is 98.1 cm³/mol. The molecule has 2 aromatic heterocycles. The number of nitrogens with one attached hydrogen (secondary N) is 1. The predicted octanol–water partition coefficient (Wildman–Crippen LogP) is 2.16. The van der Waals surface area contributed by atoms with E-state index in [1.807, 2.05) is 42.2 Å². The second-order valence-electron chi connectivity index (χ2n) is 6.59. The van der Waals surface area contributed by atoms with Crippen LogP contribution in [-0.4, -0.2) is 43.6 Å². The van der Waals surface area contributed by atoms with E-state index >= 15 is 0 Å². The molecular formula is C19H21N5O2. The van der Waals surface area contributed by atoms with Crippen molar-refractivity contribution in [2.75, 3.05) is 13.1 Å². The fourth-order valence-electron chi connectivity index (χ4n) is 3.64. The Labute approximate surface area is 150 Å². The zero-order valence-corrected chi connectivity index (χ0v) is 14.7. The highest BCUT2D eigenvalue weighted by Gasteiger charge is 2.28. The summed E-state index contributed by atoms with van der Waals surface area (Å²) in [6.45, 7) is 3.82. The van der Waals surface area contributed by atoms with Gasteiger partial charge >= 0.3 is 5.69 Å². The molecule has 1 aliphatic heterocycles. The minimum absolute atomic E-state index is 0.0379. The van der Waals surface area contributed by atoms with Gasteiger partial charge in [0.15, 0.2) is 0 Å². The lowest BCUT2D eigenvalue weighted by atomic mass is 9.95. The Kier molecular flexibility index (Phi) is 4.28. The fourth-order valence-corrected chi connectivity index (χ4v) is 3.64. The largest absolute Gasteiger partial charge is 0.343 e. The number of likely N-dealkylation sites (tertiary alicyclic amines) is 1. The number of benzene rings is 1. The van der Waals surface area contributed by atoms with Crippen LogP contribution in [0.1, 0.15) is 42.0 Å². The van der Waals surface area contributed by atoms with Gasteiger partial charge in [-0.15, -0.1) is 0 Å².